The number of carbonyl (C=O) groups excluding carboxylic acids is 2. The van der Waals surface area contributed by atoms with Crippen LogP contribution in [0.15, 0.2) is 22.9 Å². The highest BCUT2D eigenvalue weighted by atomic mass is 32.2. The number of hydrogen-bond acceptors (Lipinski definition) is 6. The minimum Gasteiger partial charge on any atom is -0.449 e. The Kier molecular flexibility index (Phi) is 6.17. The van der Waals surface area contributed by atoms with E-state index in [1.807, 2.05) is 16.8 Å². The molecule has 1 fully saturated rings. The summed E-state index contributed by atoms with van der Waals surface area (Å²) < 4.78 is 28.3. The third kappa shape index (κ3) is 4.91. The molecule has 1 amide bonds. The van der Waals surface area contributed by atoms with Crippen LogP contribution in [0.1, 0.15) is 25.8 Å². The van der Waals surface area contributed by atoms with Crippen LogP contribution in [0.2, 0.25) is 0 Å². The fraction of sp³-hybridized carbons (Fsp3) is 0.500. The van der Waals surface area contributed by atoms with E-state index < -0.39 is 21.9 Å². The number of hydrogen-bond donors (Lipinski definition) is 0. The van der Waals surface area contributed by atoms with Crippen molar-refractivity contribution < 1.29 is 22.7 Å². The molecule has 6 nitrogen and oxygen atoms in total. The second-order valence-corrected chi connectivity index (χ2v) is 8.66. The Balaban J connectivity index is 1.93. The van der Waals surface area contributed by atoms with E-state index in [0.717, 1.165) is 5.56 Å². The first kappa shape index (κ1) is 18.7. The Morgan fingerprint density at radius 2 is 2.25 bits per heavy atom. The number of likely N-dealkylation sites (N-methyl/N-ethyl adjacent to an activating group) is 1. The summed E-state index contributed by atoms with van der Waals surface area (Å²) in [7, 11) is -3.08. The van der Waals surface area contributed by atoms with E-state index in [2.05, 4.69) is 0 Å². The van der Waals surface area contributed by atoms with Gasteiger partial charge in [0.25, 0.3) is 5.91 Å². The molecule has 0 unspecified atom stereocenters. The molecule has 0 bridgehead atoms. The molecular weight excluding hydrogens is 350 g/mol. The summed E-state index contributed by atoms with van der Waals surface area (Å²) in [6.07, 6.45) is 2.38. The number of nitrogens with zero attached hydrogens (tertiary/aromatic N) is 1. The Hall–Kier alpha value is -1.67. The lowest BCUT2D eigenvalue weighted by Crippen LogP contribution is -2.46. The summed E-state index contributed by atoms with van der Waals surface area (Å²) in [6, 6.07) is 1.53. The van der Waals surface area contributed by atoms with Crippen molar-refractivity contribution in [1.29, 1.82) is 0 Å². The summed E-state index contributed by atoms with van der Waals surface area (Å²) in [6.45, 7) is 3.67. The normalized spacial score (nSPS) is 20.8. The van der Waals surface area contributed by atoms with Crippen LogP contribution >= 0.6 is 11.3 Å². The van der Waals surface area contributed by atoms with Gasteiger partial charge in [0.1, 0.15) is 0 Å². The summed E-state index contributed by atoms with van der Waals surface area (Å²) in [5.41, 5.74) is 0.891. The molecule has 1 aliphatic heterocycles. The quantitative estimate of drug-likeness (QED) is 0.562. The molecule has 2 atom stereocenters. The van der Waals surface area contributed by atoms with Crippen molar-refractivity contribution in [2.75, 3.05) is 18.1 Å². The lowest BCUT2D eigenvalue weighted by molar-refractivity contribution is -0.156. The molecule has 0 aromatic carbocycles. The van der Waals surface area contributed by atoms with Gasteiger partial charge in [0.2, 0.25) is 0 Å². The van der Waals surface area contributed by atoms with Gasteiger partial charge in [0.15, 0.2) is 15.9 Å². The Morgan fingerprint density at radius 3 is 2.79 bits per heavy atom. The van der Waals surface area contributed by atoms with Crippen LogP contribution in [0.3, 0.4) is 0 Å². The highest BCUT2D eigenvalue weighted by molar-refractivity contribution is 7.91. The second-order valence-electron chi connectivity index (χ2n) is 5.65. The molecule has 0 radical (unpaired) electrons. The van der Waals surface area contributed by atoms with Gasteiger partial charge >= 0.3 is 5.97 Å². The maximum atomic E-state index is 12.5. The first-order chi connectivity index (χ1) is 11.3. The van der Waals surface area contributed by atoms with Crippen molar-refractivity contribution in [2.45, 2.75) is 32.4 Å². The van der Waals surface area contributed by atoms with Gasteiger partial charge in [-0.2, -0.15) is 11.3 Å². The van der Waals surface area contributed by atoms with Crippen molar-refractivity contribution in [3.05, 3.63) is 28.5 Å². The first-order valence-corrected chi connectivity index (χ1v) is 10.5. The van der Waals surface area contributed by atoms with Gasteiger partial charge in [-0.3, -0.25) is 4.79 Å². The number of carbonyl (C=O) groups is 2. The standard InChI is InChI=1S/C16H21NO5S2/c1-3-17(14-7-9-24(20,21)11-14)16(19)12(2)22-15(18)5-4-13-6-8-23-10-13/h4-6,8,10,12,14H,3,7,9,11H2,1-2H3/b5-4+/t12-,14-/m1/s1. The number of amides is 1. The third-order valence-electron chi connectivity index (χ3n) is 3.87. The van der Waals surface area contributed by atoms with Crippen LogP contribution < -0.4 is 0 Å². The highest BCUT2D eigenvalue weighted by Crippen LogP contribution is 2.19. The molecule has 0 N–H and O–H groups in total. The molecule has 132 valence electrons. The molecular formula is C16H21NO5S2. The van der Waals surface area contributed by atoms with Crippen molar-refractivity contribution >= 4 is 39.1 Å². The maximum Gasteiger partial charge on any atom is 0.331 e. The Bertz CT molecular complexity index is 709. The molecule has 8 heteroatoms. The van der Waals surface area contributed by atoms with Gasteiger partial charge in [0, 0.05) is 18.7 Å². The molecule has 0 spiro atoms. The zero-order valence-electron chi connectivity index (χ0n) is 13.7. The predicted octanol–water partition coefficient (Wildman–Crippen LogP) is 1.73. The lowest BCUT2D eigenvalue weighted by atomic mass is 10.2. The number of rotatable bonds is 6. The largest absolute Gasteiger partial charge is 0.449 e. The Labute approximate surface area is 146 Å². The molecule has 1 aromatic heterocycles. The van der Waals surface area contributed by atoms with E-state index in [-0.39, 0.29) is 23.5 Å². The minimum atomic E-state index is -3.08. The average Bonchev–Trinajstić information content (AvgIpc) is 3.15. The molecule has 2 heterocycles. The average molecular weight is 371 g/mol. The minimum absolute atomic E-state index is 0.0225. The van der Waals surface area contributed by atoms with Crippen molar-refractivity contribution in [3.63, 3.8) is 0 Å². The zero-order valence-corrected chi connectivity index (χ0v) is 15.3. The van der Waals surface area contributed by atoms with Gasteiger partial charge in [-0.25, -0.2) is 13.2 Å². The molecule has 1 saturated heterocycles. The van der Waals surface area contributed by atoms with E-state index in [4.69, 9.17) is 4.74 Å². The first-order valence-electron chi connectivity index (χ1n) is 7.74. The van der Waals surface area contributed by atoms with Crippen molar-refractivity contribution in [1.82, 2.24) is 4.90 Å². The second kappa shape index (κ2) is 7.94. The number of ether oxygens (including phenoxy) is 1. The maximum absolute atomic E-state index is 12.5. The molecule has 2 rings (SSSR count). The van der Waals surface area contributed by atoms with E-state index in [0.29, 0.717) is 13.0 Å². The van der Waals surface area contributed by atoms with Gasteiger partial charge in [0.05, 0.1) is 11.5 Å². The van der Waals surface area contributed by atoms with Gasteiger partial charge in [-0.15, -0.1) is 0 Å². The summed E-state index contributed by atoms with van der Waals surface area (Å²) in [5, 5.41) is 3.78. The summed E-state index contributed by atoms with van der Waals surface area (Å²) in [4.78, 5) is 25.8. The molecule has 1 aliphatic rings. The Morgan fingerprint density at radius 1 is 1.50 bits per heavy atom. The van der Waals surface area contributed by atoms with Crippen LogP contribution in [0.4, 0.5) is 0 Å². The van der Waals surface area contributed by atoms with Crippen LogP contribution in [0, 0.1) is 0 Å². The van der Waals surface area contributed by atoms with Crippen LogP contribution in [-0.2, 0) is 24.2 Å². The van der Waals surface area contributed by atoms with Crippen molar-refractivity contribution in [3.8, 4) is 0 Å². The number of sulfone groups is 1. The molecule has 1 aromatic rings. The van der Waals surface area contributed by atoms with Crippen molar-refractivity contribution in [2.24, 2.45) is 0 Å². The van der Waals surface area contributed by atoms with Crippen LogP contribution in [-0.4, -0.2) is 55.4 Å². The molecule has 0 saturated carbocycles. The highest BCUT2D eigenvalue weighted by Gasteiger charge is 2.35. The van der Waals surface area contributed by atoms with Crippen LogP contribution in [0.5, 0.6) is 0 Å². The topological polar surface area (TPSA) is 80.8 Å². The summed E-state index contributed by atoms with van der Waals surface area (Å²) in [5.74, 6) is -0.890. The van der Waals surface area contributed by atoms with Gasteiger partial charge < -0.3 is 9.64 Å². The fourth-order valence-electron chi connectivity index (χ4n) is 2.65. The molecule has 24 heavy (non-hydrogen) atoms. The monoisotopic (exact) mass is 371 g/mol. The van der Waals surface area contributed by atoms with E-state index in [1.165, 1.54) is 29.2 Å². The van der Waals surface area contributed by atoms with E-state index >= 15 is 0 Å². The lowest BCUT2D eigenvalue weighted by Gasteiger charge is -2.29. The predicted molar refractivity (Wildman–Crippen MR) is 93.4 cm³/mol. The van der Waals surface area contributed by atoms with Gasteiger partial charge in [-0.05, 0) is 48.7 Å². The van der Waals surface area contributed by atoms with E-state index in [1.54, 1.807) is 13.0 Å². The smallest absolute Gasteiger partial charge is 0.331 e. The summed E-state index contributed by atoms with van der Waals surface area (Å²) >= 11 is 1.52. The van der Waals surface area contributed by atoms with Crippen LogP contribution in [0.25, 0.3) is 6.08 Å². The zero-order chi connectivity index (χ0) is 17.7. The van der Waals surface area contributed by atoms with Gasteiger partial charge in [-0.1, -0.05) is 0 Å². The third-order valence-corrected chi connectivity index (χ3v) is 6.32. The molecule has 0 aliphatic carbocycles. The number of thiophene rings is 1. The fourth-order valence-corrected chi connectivity index (χ4v) is 5.01. The SMILES string of the molecule is CCN(C(=O)[C@@H](C)OC(=O)/C=C/c1ccsc1)[C@@H]1CCS(=O)(=O)C1. The van der Waals surface area contributed by atoms with E-state index in [9.17, 15) is 18.0 Å². The number of esters is 1.